The van der Waals surface area contributed by atoms with E-state index < -0.39 is 17.7 Å². The zero-order valence-corrected chi connectivity index (χ0v) is 16.2. The van der Waals surface area contributed by atoms with Gasteiger partial charge in [-0.05, 0) is 51.3 Å². The first-order valence-corrected chi connectivity index (χ1v) is 8.71. The Morgan fingerprint density at radius 3 is 2.58 bits per heavy atom. The van der Waals surface area contributed by atoms with Gasteiger partial charge in [-0.1, -0.05) is 13.8 Å². The van der Waals surface area contributed by atoms with Gasteiger partial charge >= 0.3 is 6.09 Å². The highest BCUT2D eigenvalue weighted by atomic mass is 16.6. The minimum atomic E-state index is -0.695. The molecule has 0 saturated heterocycles. The average molecular weight is 361 g/mol. The van der Waals surface area contributed by atoms with E-state index in [2.05, 4.69) is 15.6 Å². The lowest BCUT2D eigenvalue weighted by Gasteiger charge is -2.24. The fourth-order valence-electron chi connectivity index (χ4n) is 2.50. The van der Waals surface area contributed by atoms with Crippen LogP contribution in [0.1, 0.15) is 46.9 Å². The number of alkyl carbamates (subject to hydrolysis) is 1. The minimum absolute atomic E-state index is 0.223. The molecule has 1 aromatic heterocycles. The standard InChI is InChI=1S/C19H27N3O4/c1-11(2)9-15(22-18(24)26-19(4,5)6)17(23)21-13-7-8-16-14(10-13)20-12(3)25-16/h7-8,10-11,15H,9H2,1-6H3,(H,21,23)(H,22,24)/t15-/m0/s1. The monoisotopic (exact) mass is 361 g/mol. The number of oxazole rings is 1. The second kappa shape index (κ2) is 7.76. The first-order valence-electron chi connectivity index (χ1n) is 8.71. The van der Waals surface area contributed by atoms with Crippen molar-refractivity contribution in [2.24, 2.45) is 5.92 Å². The fraction of sp³-hybridized carbons (Fsp3) is 0.526. The number of aryl methyl sites for hydroxylation is 1. The van der Waals surface area contributed by atoms with Crippen LogP contribution in [0, 0.1) is 12.8 Å². The fourth-order valence-corrected chi connectivity index (χ4v) is 2.50. The number of hydrogen-bond acceptors (Lipinski definition) is 5. The molecule has 0 radical (unpaired) electrons. The van der Waals surface area contributed by atoms with Gasteiger partial charge in [-0.15, -0.1) is 0 Å². The van der Waals surface area contributed by atoms with Crippen molar-refractivity contribution in [1.29, 1.82) is 0 Å². The highest BCUT2D eigenvalue weighted by molar-refractivity contribution is 5.97. The van der Waals surface area contributed by atoms with Gasteiger partial charge in [0, 0.05) is 12.6 Å². The summed E-state index contributed by atoms with van der Waals surface area (Å²) in [6.07, 6.45) is -0.114. The number of hydrogen-bond donors (Lipinski definition) is 2. The highest BCUT2D eigenvalue weighted by Crippen LogP contribution is 2.20. The summed E-state index contributed by atoms with van der Waals surface area (Å²) in [7, 11) is 0. The Bertz CT molecular complexity index is 790. The van der Waals surface area contributed by atoms with Crippen molar-refractivity contribution in [2.45, 2.75) is 59.6 Å². The van der Waals surface area contributed by atoms with E-state index in [0.29, 0.717) is 29.1 Å². The van der Waals surface area contributed by atoms with E-state index in [1.807, 2.05) is 13.8 Å². The molecular formula is C19H27N3O4. The molecule has 2 amide bonds. The topological polar surface area (TPSA) is 93.5 Å². The van der Waals surface area contributed by atoms with E-state index in [-0.39, 0.29) is 11.8 Å². The van der Waals surface area contributed by atoms with E-state index in [1.54, 1.807) is 45.9 Å². The number of anilines is 1. The molecule has 0 fully saturated rings. The summed E-state index contributed by atoms with van der Waals surface area (Å²) in [4.78, 5) is 29.0. The summed E-state index contributed by atoms with van der Waals surface area (Å²) in [5.41, 5.74) is 1.29. The first-order chi connectivity index (χ1) is 12.0. The van der Waals surface area contributed by atoms with Gasteiger partial charge in [0.15, 0.2) is 11.5 Å². The number of amides is 2. The van der Waals surface area contributed by atoms with Crippen LogP contribution >= 0.6 is 0 Å². The number of carbonyl (C=O) groups is 2. The van der Waals surface area contributed by atoms with Crippen LogP contribution in [0.2, 0.25) is 0 Å². The highest BCUT2D eigenvalue weighted by Gasteiger charge is 2.25. The second-order valence-corrected chi connectivity index (χ2v) is 7.73. The molecule has 2 N–H and O–H groups in total. The molecule has 1 aromatic carbocycles. The molecule has 0 bridgehead atoms. The number of nitrogens with one attached hydrogen (secondary N) is 2. The van der Waals surface area contributed by atoms with Gasteiger partial charge in [-0.3, -0.25) is 4.79 Å². The Morgan fingerprint density at radius 2 is 1.96 bits per heavy atom. The summed E-state index contributed by atoms with van der Waals surface area (Å²) in [5.74, 6) is 0.484. The maximum Gasteiger partial charge on any atom is 0.408 e. The van der Waals surface area contributed by atoms with Crippen LogP contribution in [0.5, 0.6) is 0 Å². The average Bonchev–Trinajstić information content (AvgIpc) is 2.83. The maximum absolute atomic E-state index is 12.7. The molecule has 7 heteroatoms. The first kappa shape index (κ1) is 19.8. The number of nitrogens with zero attached hydrogens (tertiary/aromatic N) is 1. The normalized spacial score (nSPS) is 12.9. The zero-order chi connectivity index (χ0) is 19.5. The molecule has 2 rings (SSSR count). The van der Waals surface area contributed by atoms with Crippen LogP contribution in [-0.4, -0.2) is 28.6 Å². The molecule has 1 heterocycles. The van der Waals surface area contributed by atoms with Crippen LogP contribution < -0.4 is 10.6 Å². The van der Waals surface area contributed by atoms with Crippen LogP contribution in [0.25, 0.3) is 11.1 Å². The van der Waals surface area contributed by atoms with Gasteiger partial charge in [0.2, 0.25) is 5.91 Å². The molecule has 2 aromatic rings. The molecule has 0 unspecified atom stereocenters. The largest absolute Gasteiger partial charge is 0.444 e. The molecule has 0 aliphatic carbocycles. The van der Waals surface area contributed by atoms with E-state index in [0.717, 1.165) is 0 Å². The molecule has 0 aliphatic rings. The number of aromatic nitrogens is 1. The minimum Gasteiger partial charge on any atom is -0.444 e. The molecule has 142 valence electrons. The van der Waals surface area contributed by atoms with Gasteiger partial charge in [0.25, 0.3) is 0 Å². The maximum atomic E-state index is 12.7. The van der Waals surface area contributed by atoms with Gasteiger partial charge in [-0.2, -0.15) is 0 Å². The molecule has 7 nitrogen and oxygen atoms in total. The molecule has 1 atom stereocenters. The van der Waals surface area contributed by atoms with Gasteiger partial charge in [-0.25, -0.2) is 9.78 Å². The van der Waals surface area contributed by atoms with Crippen LogP contribution in [-0.2, 0) is 9.53 Å². The van der Waals surface area contributed by atoms with Crippen LogP contribution in [0.3, 0.4) is 0 Å². The molecule has 0 spiro atoms. The van der Waals surface area contributed by atoms with E-state index >= 15 is 0 Å². The van der Waals surface area contributed by atoms with Crippen LogP contribution in [0.15, 0.2) is 22.6 Å². The lowest BCUT2D eigenvalue weighted by Crippen LogP contribution is -2.46. The second-order valence-electron chi connectivity index (χ2n) is 7.73. The lowest BCUT2D eigenvalue weighted by atomic mass is 10.0. The summed E-state index contributed by atoms with van der Waals surface area (Å²) in [6, 6.07) is 4.54. The number of fused-ring (bicyclic) bond motifs is 1. The Balaban J connectivity index is 2.10. The van der Waals surface area contributed by atoms with Gasteiger partial charge in [0.05, 0.1) is 0 Å². The Morgan fingerprint density at radius 1 is 1.27 bits per heavy atom. The van der Waals surface area contributed by atoms with Crippen molar-refractivity contribution in [3.05, 3.63) is 24.1 Å². The predicted molar refractivity (Wildman–Crippen MR) is 100.0 cm³/mol. The smallest absolute Gasteiger partial charge is 0.408 e. The Kier molecular flexibility index (Phi) is 5.90. The van der Waals surface area contributed by atoms with Crippen molar-refractivity contribution in [3.8, 4) is 0 Å². The number of ether oxygens (including phenoxy) is 1. The molecular weight excluding hydrogens is 334 g/mol. The van der Waals surface area contributed by atoms with Crippen molar-refractivity contribution in [1.82, 2.24) is 10.3 Å². The third-order valence-electron chi connectivity index (χ3n) is 3.48. The Hall–Kier alpha value is -2.57. The third kappa shape index (κ3) is 5.75. The van der Waals surface area contributed by atoms with E-state index in [1.165, 1.54) is 0 Å². The molecule has 0 aliphatic heterocycles. The van der Waals surface area contributed by atoms with Gasteiger partial charge < -0.3 is 19.8 Å². The van der Waals surface area contributed by atoms with Crippen molar-refractivity contribution >= 4 is 28.8 Å². The Labute approximate surface area is 153 Å². The quantitative estimate of drug-likeness (QED) is 0.839. The summed E-state index contributed by atoms with van der Waals surface area (Å²) in [6.45, 7) is 11.1. The summed E-state index contributed by atoms with van der Waals surface area (Å²) in [5, 5.41) is 5.48. The SMILES string of the molecule is Cc1nc2cc(NC(=O)[C@H](CC(C)C)NC(=O)OC(C)(C)C)ccc2o1. The number of carbonyl (C=O) groups excluding carboxylic acids is 2. The van der Waals surface area contributed by atoms with Crippen molar-refractivity contribution in [3.63, 3.8) is 0 Å². The van der Waals surface area contributed by atoms with E-state index in [9.17, 15) is 9.59 Å². The number of rotatable bonds is 5. The summed E-state index contributed by atoms with van der Waals surface area (Å²) < 4.78 is 10.7. The molecule has 26 heavy (non-hydrogen) atoms. The van der Waals surface area contributed by atoms with E-state index in [4.69, 9.17) is 9.15 Å². The van der Waals surface area contributed by atoms with Crippen LogP contribution in [0.4, 0.5) is 10.5 Å². The molecule has 0 saturated carbocycles. The predicted octanol–water partition coefficient (Wildman–Crippen LogP) is 4.01. The van der Waals surface area contributed by atoms with Crippen molar-refractivity contribution in [2.75, 3.05) is 5.32 Å². The summed E-state index contributed by atoms with van der Waals surface area (Å²) >= 11 is 0. The lowest BCUT2D eigenvalue weighted by molar-refractivity contribution is -0.118. The number of benzene rings is 1. The third-order valence-corrected chi connectivity index (χ3v) is 3.48. The zero-order valence-electron chi connectivity index (χ0n) is 16.2. The van der Waals surface area contributed by atoms with Crippen molar-refractivity contribution < 1.29 is 18.7 Å². The van der Waals surface area contributed by atoms with Gasteiger partial charge in [0.1, 0.15) is 17.2 Å².